The molecule has 0 heteroatoms. The van der Waals surface area contributed by atoms with Crippen molar-refractivity contribution < 1.29 is 0 Å². The summed E-state index contributed by atoms with van der Waals surface area (Å²) in [4.78, 5) is 0. The molecule has 0 N–H and O–H groups in total. The highest BCUT2D eigenvalue weighted by Gasteiger charge is 2.47. The summed E-state index contributed by atoms with van der Waals surface area (Å²) in [6.07, 6.45) is 11.8. The molecule has 2 rings (SSSR count). The van der Waals surface area contributed by atoms with E-state index in [2.05, 4.69) is 32.9 Å². The van der Waals surface area contributed by atoms with Gasteiger partial charge in [-0.3, -0.25) is 0 Å². The van der Waals surface area contributed by atoms with Crippen molar-refractivity contribution in [3.8, 4) is 0 Å². The Morgan fingerprint density at radius 2 is 1.87 bits per heavy atom. The Bertz CT molecular complexity index is 226. The fourth-order valence-electron chi connectivity index (χ4n) is 3.92. The van der Waals surface area contributed by atoms with Gasteiger partial charge in [-0.1, -0.05) is 39.3 Å². The van der Waals surface area contributed by atoms with Crippen molar-refractivity contribution in [2.75, 3.05) is 0 Å². The van der Waals surface area contributed by atoms with Crippen LogP contribution in [0.1, 0.15) is 52.9 Å². The van der Waals surface area contributed by atoms with Gasteiger partial charge < -0.3 is 0 Å². The first-order valence-electron chi connectivity index (χ1n) is 6.89. The molecule has 2 bridgehead atoms. The zero-order valence-electron chi connectivity index (χ0n) is 10.6. The van der Waals surface area contributed by atoms with E-state index in [1.165, 1.54) is 32.1 Å². The number of fused-ring (bicyclic) bond motifs is 2. The molecule has 86 valence electrons. The van der Waals surface area contributed by atoms with Crippen molar-refractivity contribution >= 4 is 0 Å². The van der Waals surface area contributed by atoms with Gasteiger partial charge in [0.05, 0.1) is 0 Å². The molecule has 2 saturated carbocycles. The molecule has 0 spiro atoms. The minimum Gasteiger partial charge on any atom is -0.0885 e. The lowest BCUT2D eigenvalue weighted by Gasteiger charge is -2.31. The van der Waals surface area contributed by atoms with Crippen molar-refractivity contribution in [3.63, 3.8) is 0 Å². The summed E-state index contributed by atoms with van der Waals surface area (Å²) in [6, 6.07) is 0. The molecule has 0 aromatic carbocycles. The molecule has 0 aromatic heterocycles. The van der Waals surface area contributed by atoms with Crippen molar-refractivity contribution in [2.45, 2.75) is 52.9 Å². The number of unbranched alkanes of at least 4 members (excludes halogenated alkanes) is 1. The van der Waals surface area contributed by atoms with Crippen LogP contribution < -0.4 is 0 Å². The van der Waals surface area contributed by atoms with Crippen LogP contribution in [0.4, 0.5) is 0 Å². The molecule has 5 atom stereocenters. The predicted octanol–water partition coefficient (Wildman–Crippen LogP) is 4.66. The summed E-state index contributed by atoms with van der Waals surface area (Å²) < 4.78 is 0. The predicted molar refractivity (Wildman–Crippen MR) is 66.7 cm³/mol. The van der Waals surface area contributed by atoms with Gasteiger partial charge in [-0.15, -0.1) is 0 Å². The van der Waals surface area contributed by atoms with E-state index >= 15 is 0 Å². The van der Waals surface area contributed by atoms with Gasteiger partial charge in [0.15, 0.2) is 0 Å². The quantitative estimate of drug-likeness (QED) is 0.587. The summed E-state index contributed by atoms with van der Waals surface area (Å²) in [5.74, 6) is 5.14. The molecule has 0 heterocycles. The van der Waals surface area contributed by atoms with Gasteiger partial charge in [0.25, 0.3) is 0 Å². The van der Waals surface area contributed by atoms with E-state index in [1.54, 1.807) is 0 Å². The standard InChI is InChI=1S/C15H26/c1-4-5-6-7-8-13-9-14-10-15(13)12(3)11(14)2/h6-7,11-15H,4-5,8-10H2,1-3H3/b7-6+. The van der Waals surface area contributed by atoms with Crippen LogP contribution in [-0.2, 0) is 0 Å². The molecule has 15 heavy (non-hydrogen) atoms. The molecule has 5 unspecified atom stereocenters. The second kappa shape index (κ2) is 4.72. The zero-order valence-corrected chi connectivity index (χ0v) is 10.6. The van der Waals surface area contributed by atoms with E-state index in [1.807, 2.05) is 0 Å². The van der Waals surface area contributed by atoms with Crippen LogP contribution in [0, 0.1) is 29.6 Å². The fraction of sp³-hybridized carbons (Fsp3) is 0.867. The van der Waals surface area contributed by atoms with Crippen LogP contribution in [-0.4, -0.2) is 0 Å². The van der Waals surface area contributed by atoms with E-state index in [-0.39, 0.29) is 0 Å². The molecular formula is C15H26. The monoisotopic (exact) mass is 206 g/mol. The summed E-state index contributed by atoms with van der Waals surface area (Å²) in [6.45, 7) is 7.21. The molecule has 0 amide bonds. The average molecular weight is 206 g/mol. The highest BCUT2D eigenvalue weighted by atomic mass is 14.5. The lowest BCUT2D eigenvalue weighted by molar-refractivity contribution is 0.190. The number of rotatable bonds is 4. The second-order valence-electron chi connectivity index (χ2n) is 5.87. The van der Waals surface area contributed by atoms with E-state index in [4.69, 9.17) is 0 Å². The van der Waals surface area contributed by atoms with E-state index < -0.39 is 0 Å². The maximum absolute atomic E-state index is 2.48. The Kier molecular flexibility index (Phi) is 3.53. The molecule has 2 aliphatic carbocycles. The normalized spacial score (nSPS) is 44.3. The van der Waals surface area contributed by atoms with Crippen molar-refractivity contribution in [1.29, 1.82) is 0 Å². The summed E-state index contributed by atoms with van der Waals surface area (Å²) in [5, 5.41) is 0. The Balaban J connectivity index is 1.82. The maximum atomic E-state index is 2.48. The Labute approximate surface area is 95.1 Å². The maximum Gasteiger partial charge on any atom is -0.0319 e. The van der Waals surface area contributed by atoms with Crippen LogP contribution in [0.5, 0.6) is 0 Å². The summed E-state index contributed by atoms with van der Waals surface area (Å²) in [5.41, 5.74) is 0. The third-order valence-electron chi connectivity index (χ3n) is 5.10. The molecule has 0 radical (unpaired) electrons. The van der Waals surface area contributed by atoms with Crippen LogP contribution in [0.15, 0.2) is 12.2 Å². The molecule has 0 nitrogen and oxygen atoms in total. The topological polar surface area (TPSA) is 0 Å². The Morgan fingerprint density at radius 1 is 1.07 bits per heavy atom. The smallest absolute Gasteiger partial charge is 0.0319 e. The minimum absolute atomic E-state index is 0.994. The van der Waals surface area contributed by atoms with Crippen LogP contribution in [0.2, 0.25) is 0 Å². The summed E-state index contributed by atoms with van der Waals surface area (Å²) >= 11 is 0. The van der Waals surface area contributed by atoms with Crippen LogP contribution in [0.25, 0.3) is 0 Å². The fourth-order valence-corrected chi connectivity index (χ4v) is 3.92. The Morgan fingerprint density at radius 3 is 2.47 bits per heavy atom. The third kappa shape index (κ3) is 2.14. The molecule has 2 aliphatic rings. The molecule has 0 saturated heterocycles. The zero-order chi connectivity index (χ0) is 10.8. The van der Waals surface area contributed by atoms with Crippen molar-refractivity contribution in [1.82, 2.24) is 0 Å². The highest BCUT2D eigenvalue weighted by molar-refractivity contribution is 5.00. The minimum atomic E-state index is 0.994. The van der Waals surface area contributed by atoms with Gasteiger partial charge in [-0.2, -0.15) is 0 Å². The van der Waals surface area contributed by atoms with E-state index in [9.17, 15) is 0 Å². The number of allylic oxidation sites excluding steroid dienone is 2. The molecule has 0 aliphatic heterocycles. The third-order valence-corrected chi connectivity index (χ3v) is 5.10. The van der Waals surface area contributed by atoms with Gasteiger partial charge in [0, 0.05) is 0 Å². The summed E-state index contributed by atoms with van der Waals surface area (Å²) in [7, 11) is 0. The first kappa shape index (κ1) is 11.2. The van der Waals surface area contributed by atoms with Crippen molar-refractivity contribution in [3.05, 3.63) is 12.2 Å². The first-order chi connectivity index (χ1) is 7.24. The molecule has 0 aromatic rings. The second-order valence-corrected chi connectivity index (χ2v) is 5.87. The molecular weight excluding hydrogens is 180 g/mol. The lowest BCUT2D eigenvalue weighted by atomic mass is 9.74. The van der Waals surface area contributed by atoms with Crippen LogP contribution in [0.3, 0.4) is 0 Å². The van der Waals surface area contributed by atoms with Gasteiger partial charge in [-0.25, -0.2) is 0 Å². The lowest BCUT2D eigenvalue weighted by Crippen LogP contribution is -2.23. The highest BCUT2D eigenvalue weighted by Crippen LogP contribution is 2.55. The van der Waals surface area contributed by atoms with Gasteiger partial charge in [0.2, 0.25) is 0 Å². The first-order valence-corrected chi connectivity index (χ1v) is 6.89. The SMILES string of the molecule is CCC/C=C/CC1CC2CC1C(C)C2C. The number of hydrogen-bond donors (Lipinski definition) is 0. The van der Waals surface area contributed by atoms with Crippen LogP contribution >= 0.6 is 0 Å². The van der Waals surface area contributed by atoms with Gasteiger partial charge >= 0.3 is 0 Å². The van der Waals surface area contributed by atoms with E-state index in [0.29, 0.717) is 0 Å². The van der Waals surface area contributed by atoms with Gasteiger partial charge in [-0.05, 0) is 55.3 Å². The number of hydrogen-bond acceptors (Lipinski definition) is 0. The Hall–Kier alpha value is -0.260. The van der Waals surface area contributed by atoms with Crippen molar-refractivity contribution in [2.24, 2.45) is 29.6 Å². The molecule has 2 fully saturated rings. The van der Waals surface area contributed by atoms with E-state index in [0.717, 1.165) is 29.6 Å². The largest absolute Gasteiger partial charge is 0.0885 e. The van der Waals surface area contributed by atoms with Gasteiger partial charge in [0.1, 0.15) is 0 Å². The average Bonchev–Trinajstić information content (AvgIpc) is 2.75.